The molecule has 0 saturated carbocycles. The van der Waals surface area contributed by atoms with Gasteiger partial charge >= 0.3 is 0 Å². The normalized spacial score (nSPS) is 11.3. The van der Waals surface area contributed by atoms with Crippen molar-refractivity contribution >= 4 is 15.8 Å². The van der Waals surface area contributed by atoms with Crippen LogP contribution in [0.4, 0.5) is 5.82 Å². The lowest BCUT2D eigenvalue weighted by molar-refractivity contribution is 0.580. The fraction of sp³-hybridized carbons (Fsp3) is 0.308. The number of sulfonamides is 1. The molecule has 2 aromatic heterocycles. The predicted octanol–water partition coefficient (Wildman–Crippen LogP) is 1.09. The van der Waals surface area contributed by atoms with Crippen LogP contribution in [-0.4, -0.2) is 29.9 Å². The Morgan fingerprint density at radius 3 is 2.62 bits per heavy atom. The summed E-state index contributed by atoms with van der Waals surface area (Å²) < 4.78 is 26.8. The number of aromatic nitrogens is 3. The van der Waals surface area contributed by atoms with Crippen LogP contribution >= 0.6 is 0 Å². The molecule has 0 radical (unpaired) electrons. The van der Waals surface area contributed by atoms with Crippen molar-refractivity contribution < 1.29 is 8.42 Å². The van der Waals surface area contributed by atoms with Gasteiger partial charge in [0.15, 0.2) is 0 Å². The average Bonchev–Trinajstić information content (AvgIpc) is 2.46. The lowest BCUT2D eigenvalue weighted by Crippen LogP contribution is -2.24. The molecule has 7 nitrogen and oxygen atoms in total. The first-order valence-corrected chi connectivity index (χ1v) is 7.97. The van der Waals surface area contributed by atoms with E-state index in [9.17, 15) is 8.42 Å². The van der Waals surface area contributed by atoms with Crippen molar-refractivity contribution in [1.29, 1.82) is 0 Å². The highest BCUT2D eigenvalue weighted by Crippen LogP contribution is 2.11. The summed E-state index contributed by atoms with van der Waals surface area (Å²) in [5.74, 6) is 1.24. The smallest absolute Gasteiger partial charge is 0.242 e. The molecule has 2 aromatic rings. The van der Waals surface area contributed by atoms with Gasteiger partial charge in [-0.15, -0.1) is 0 Å². The number of nitrogens with one attached hydrogen (secondary N) is 2. The Bertz CT molecular complexity index is 701. The predicted molar refractivity (Wildman–Crippen MR) is 79.2 cm³/mol. The second-order valence-electron chi connectivity index (χ2n) is 4.33. The summed E-state index contributed by atoms with van der Waals surface area (Å²) in [7, 11) is -3.60. The summed E-state index contributed by atoms with van der Waals surface area (Å²) in [6, 6.07) is 4.81. The molecular weight excluding hydrogens is 290 g/mol. The van der Waals surface area contributed by atoms with Crippen molar-refractivity contribution in [3.05, 3.63) is 42.1 Å². The van der Waals surface area contributed by atoms with E-state index in [0.717, 1.165) is 6.54 Å². The molecule has 2 rings (SSSR count). The van der Waals surface area contributed by atoms with E-state index in [1.165, 1.54) is 12.3 Å². The van der Waals surface area contributed by atoms with Crippen LogP contribution in [0.2, 0.25) is 0 Å². The van der Waals surface area contributed by atoms with Gasteiger partial charge in [0.05, 0.1) is 12.2 Å². The zero-order chi connectivity index (χ0) is 15.3. The monoisotopic (exact) mass is 307 g/mol. The van der Waals surface area contributed by atoms with Crippen molar-refractivity contribution in [1.82, 2.24) is 19.7 Å². The first-order chi connectivity index (χ1) is 10.0. The number of nitrogens with zero attached hydrogens (tertiary/aromatic N) is 3. The van der Waals surface area contributed by atoms with Crippen LogP contribution < -0.4 is 10.0 Å². The molecule has 0 amide bonds. The molecular formula is C13H17N5O2S. The van der Waals surface area contributed by atoms with Crippen molar-refractivity contribution in [2.45, 2.75) is 25.3 Å². The number of anilines is 1. The minimum Gasteiger partial charge on any atom is -0.370 e. The van der Waals surface area contributed by atoms with E-state index < -0.39 is 10.0 Å². The highest BCUT2D eigenvalue weighted by atomic mass is 32.2. The van der Waals surface area contributed by atoms with E-state index in [4.69, 9.17) is 0 Å². The van der Waals surface area contributed by atoms with Gasteiger partial charge in [-0.3, -0.25) is 0 Å². The van der Waals surface area contributed by atoms with Crippen LogP contribution in [0.15, 0.2) is 35.5 Å². The van der Waals surface area contributed by atoms with E-state index >= 15 is 0 Å². The Balaban J connectivity index is 2.07. The molecule has 0 atom stereocenters. The minimum atomic E-state index is -3.60. The quantitative estimate of drug-likeness (QED) is 0.829. The van der Waals surface area contributed by atoms with Gasteiger partial charge in [0.2, 0.25) is 10.0 Å². The number of rotatable bonds is 6. The molecule has 0 bridgehead atoms. The molecule has 0 aliphatic rings. The van der Waals surface area contributed by atoms with Crippen LogP contribution in [-0.2, 0) is 16.6 Å². The topological polar surface area (TPSA) is 96.9 Å². The SMILES string of the molecule is CCNc1ccc(S(=O)(=O)NCc2ccnc(C)n2)cn1. The van der Waals surface area contributed by atoms with E-state index in [1.54, 1.807) is 25.3 Å². The lowest BCUT2D eigenvalue weighted by Gasteiger charge is -2.07. The number of aryl methyl sites for hydroxylation is 1. The number of hydrogen-bond donors (Lipinski definition) is 2. The fourth-order valence-electron chi connectivity index (χ4n) is 1.68. The van der Waals surface area contributed by atoms with Gasteiger partial charge in [0, 0.05) is 18.9 Å². The van der Waals surface area contributed by atoms with Crippen molar-refractivity contribution in [2.75, 3.05) is 11.9 Å². The number of hydrogen-bond acceptors (Lipinski definition) is 6. The van der Waals surface area contributed by atoms with Gasteiger partial charge in [0.1, 0.15) is 16.5 Å². The fourth-order valence-corrected chi connectivity index (χ4v) is 2.62. The summed E-state index contributed by atoms with van der Waals surface area (Å²) in [5, 5.41) is 3.01. The molecule has 0 unspecified atom stereocenters. The maximum absolute atomic E-state index is 12.1. The van der Waals surface area contributed by atoms with Crippen LogP contribution in [0.3, 0.4) is 0 Å². The highest BCUT2D eigenvalue weighted by molar-refractivity contribution is 7.89. The summed E-state index contributed by atoms with van der Waals surface area (Å²) in [4.78, 5) is 12.3. The lowest BCUT2D eigenvalue weighted by atomic mass is 10.4. The van der Waals surface area contributed by atoms with E-state index in [2.05, 4.69) is 25.0 Å². The Kier molecular flexibility index (Phi) is 4.81. The van der Waals surface area contributed by atoms with Gasteiger partial charge < -0.3 is 5.32 Å². The molecule has 0 aliphatic heterocycles. The van der Waals surface area contributed by atoms with Crippen LogP contribution in [0.5, 0.6) is 0 Å². The van der Waals surface area contributed by atoms with Crippen LogP contribution in [0, 0.1) is 6.92 Å². The third kappa shape index (κ3) is 4.20. The molecule has 0 spiro atoms. The van der Waals surface area contributed by atoms with E-state index in [1.807, 2.05) is 6.92 Å². The van der Waals surface area contributed by atoms with Crippen molar-refractivity contribution in [2.24, 2.45) is 0 Å². The average molecular weight is 307 g/mol. The molecule has 0 saturated heterocycles. The zero-order valence-corrected chi connectivity index (χ0v) is 12.7. The van der Waals surface area contributed by atoms with Crippen LogP contribution in [0.25, 0.3) is 0 Å². The molecule has 112 valence electrons. The second-order valence-corrected chi connectivity index (χ2v) is 6.10. The molecule has 0 fully saturated rings. The summed E-state index contributed by atoms with van der Waals surface area (Å²) in [6.45, 7) is 4.53. The maximum atomic E-state index is 12.1. The van der Waals surface area contributed by atoms with Gasteiger partial charge in [-0.05, 0) is 32.0 Å². The minimum absolute atomic E-state index is 0.112. The van der Waals surface area contributed by atoms with Gasteiger partial charge in [-0.2, -0.15) is 0 Å². The first-order valence-electron chi connectivity index (χ1n) is 6.49. The Hall–Kier alpha value is -2.06. The van der Waals surface area contributed by atoms with Gasteiger partial charge in [-0.1, -0.05) is 0 Å². The molecule has 2 N–H and O–H groups in total. The summed E-state index contributed by atoms with van der Waals surface area (Å²) >= 11 is 0. The number of pyridine rings is 1. The van der Waals surface area contributed by atoms with Crippen molar-refractivity contribution in [3.8, 4) is 0 Å². The Labute approximate surface area is 123 Å². The van der Waals surface area contributed by atoms with Crippen molar-refractivity contribution in [3.63, 3.8) is 0 Å². The standard InChI is InChI=1S/C13H17N5O2S/c1-3-14-13-5-4-12(9-16-13)21(19,20)17-8-11-6-7-15-10(2)18-11/h4-7,9,17H,3,8H2,1-2H3,(H,14,16). The molecule has 0 aliphatic carbocycles. The Morgan fingerprint density at radius 1 is 1.19 bits per heavy atom. The first kappa shape index (κ1) is 15.3. The van der Waals surface area contributed by atoms with Crippen LogP contribution in [0.1, 0.15) is 18.4 Å². The van der Waals surface area contributed by atoms with Gasteiger partial charge in [-0.25, -0.2) is 28.1 Å². The second kappa shape index (κ2) is 6.59. The summed E-state index contributed by atoms with van der Waals surface area (Å²) in [6.07, 6.45) is 2.92. The highest BCUT2D eigenvalue weighted by Gasteiger charge is 2.14. The molecule has 0 aromatic carbocycles. The third-order valence-corrected chi connectivity index (χ3v) is 4.07. The molecule has 21 heavy (non-hydrogen) atoms. The zero-order valence-electron chi connectivity index (χ0n) is 11.9. The third-order valence-electron chi connectivity index (χ3n) is 2.68. The summed E-state index contributed by atoms with van der Waals surface area (Å²) in [5.41, 5.74) is 0.614. The maximum Gasteiger partial charge on any atom is 0.242 e. The van der Waals surface area contributed by atoms with E-state index in [-0.39, 0.29) is 11.4 Å². The Morgan fingerprint density at radius 2 is 2.00 bits per heavy atom. The van der Waals surface area contributed by atoms with E-state index in [0.29, 0.717) is 17.3 Å². The molecule has 2 heterocycles. The largest absolute Gasteiger partial charge is 0.370 e. The molecule has 8 heteroatoms. The van der Waals surface area contributed by atoms with Gasteiger partial charge in [0.25, 0.3) is 0 Å².